The molecule has 150 valence electrons. The van der Waals surface area contributed by atoms with E-state index in [1.807, 2.05) is 12.1 Å². The van der Waals surface area contributed by atoms with Crippen molar-refractivity contribution in [2.24, 2.45) is 0 Å². The van der Waals surface area contributed by atoms with Gasteiger partial charge in [0.1, 0.15) is 5.82 Å². The Morgan fingerprint density at radius 1 is 1.04 bits per heavy atom. The van der Waals surface area contributed by atoms with Gasteiger partial charge in [0.25, 0.3) is 0 Å². The van der Waals surface area contributed by atoms with Crippen LogP contribution in [0.25, 0.3) is 5.57 Å². The first-order valence-corrected chi connectivity index (χ1v) is 10.0. The molecule has 0 radical (unpaired) electrons. The molecule has 1 aliphatic carbocycles. The number of benzene rings is 2. The Balaban J connectivity index is 0.00000225. The largest absolute Gasteiger partial charge is 0.370 e. The highest BCUT2D eigenvalue weighted by atomic mass is 35.5. The van der Waals surface area contributed by atoms with Gasteiger partial charge in [0.2, 0.25) is 0 Å². The Bertz CT molecular complexity index is 825. The normalized spacial score (nSPS) is 18.4. The van der Waals surface area contributed by atoms with Gasteiger partial charge in [0, 0.05) is 19.5 Å². The summed E-state index contributed by atoms with van der Waals surface area (Å²) in [6.45, 7) is 4.44. The zero-order chi connectivity index (χ0) is 18.7. The minimum absolute atomic E-state index is 0. The molecule has 1 spiro atoms. The summed E-state index contributed by atoms with van der Waals surface area (Å²) in [5.74, 6) is -0.180. The van der Waals surface area contributed by atoms with Crippen LogP contribution < -0.4 is 5.32 Å². The monoisotopic (exact) mass is 401 g/mol. The Labute approximate surface area is 173 Å². The fourth-order valence-electron chi connectivity index (χ4n) is 4.46. The first-order valence-electron chi connectivity index (χ1n) is 10.0. The molecule has 4 rings (SSSR count). The second-order valence-corrected chi connectivity index (χ2v) is 8.04. The van der Waals surface area contributed by atoms with Crippen molar-refractivity contribution in [1.82, 2.24) is 5.32 Å². The third-order valence-corrected chi connectivity index (χ3v) is 5.94. The summed E-state index contributed by atoms with van der Waals surface area (Å²) >= 11 is 0. The first kappa shape index (κ1) is 21.0. The van der Waals surface area contributed by atoms with Gasteiger partial charge >= 0.3 is 0 Å². The van der Waals surface area contributed by atoms with E-state index < -0.39 is 0 Å². The predicted octanol–water partition coefficient (Wildman–Crippen LogP) is 5.83. The maximum atomic E-state index is 13.4. The van der Waals surface area contributed by atoms with E-state index in [2.05, 4.69) is 36.5 Å². The molecule has 28 heavy (non-hydrogen) atoms. The number of nitrogens with one attached hydrogen (secondary N) is 1. The zero-order valence-electron chi connectivity index (χ0n) is 16.5. The summed E-state index contributed by atoms with van der Waals surface area (Å²) in [7, 11) is 0. The minimum Gasteiger partial charge on any atom is -0.370 e. The Kier molecular flexibility index (Phi) is 6.92. The van der Waals surface area contributed by atoms with E-state index in [0.717, 1.165) is 37.9 Å². The molecule has 1 N–H and O–H groups in total. The molecular weight excluding hydrogens is 373 g/mol. The third kappa shape index (κ3) is 4.83. The lowest BCUT2D eigenvalue weighted by molar-refractivity contribution is -0.0325. The fraction of sp³-hybridized carbons (Fsp3) is 0.417. The minimum atomic E-state index is -0.180. The summed E-state index contributed by atoms with van der Waals surface area (Å²) in [5.41, 5.74) is 6.36. The number of hydrogen-bond donors (Lipinski definition) is 1. The van der Waals surface area contributed by atoms with Crippen LogP contribution in [0.4, 0.5) is 4.39 Å². The molecule has 2 aromatic rings. The average Bonchev–Trinajstić information content (AvgIpc) is 3.12. The fourth-order valence-corrected chi connectivity index (χ4v) is 4.46. The van der Waals surface area contributed by atoms with E-state index in [1.165, 1.54) is 35.1 Å². The lowest BCUT2D eigenvalue weighted by atomic mass is 9.84. The molecule has 4 heteroatoms. The van der Waals surface area contributed by atoms with Crippen molar-refractivity contribution >= 4 is 18.0 Å². The number of halogens is 2. The Hall–Kier alpha value is -1.68. The van der Waals surface area contributed by atoms with Crippen LogP contribution in [0.1, 0.15) is 48.8 Å². The smallest absolute Gasteiger partial charge is 0.123 e. The second kappa shape index (κ2) is 9.21. The van der Waals surface area contributed by atoms with Crippen LogP contribution in [0.3, 0.4) is 0 Å². The van der Waals surface area contributed by atoms with Crippen molar-refractivity contribution < 1.29 is 9.13 Å². The van der Waals surface area contributed by atoms with E-state index in [-0.39, 0.29) is 23.8 Å². The van der Waals surface area contributed by atoms with Gasteiger partial charge in [-0.1, -0.05) is 54.8 Å². The molecule has 0 aromatic heterocycles. The standard InChI is InChI=1S/C24H28FNO.ClH/c1-18-5-4-6-19(13-18)15-26-16-21-17-27-24(11-2-3-12-24)14-23(21)20-7-9-22(25)10-8-20;/h4-10,13,26H,2-3,11-12,14-17H2,1H3;1H. The van der Waals surface area contributed by atoms with E-state index in [1.54, 1.807) is 12.1 Å². The van der Waals surface area contributed by atoms with Crippen LogP contribution >= 0.6 is 12.4 Å². The van der Waals surface area contributed by atoms with Crippen molar-refractivity contribution in [1.29, 1.82) is 0 Å². The van der Waals surface area contributed by atoms with E-state index >= 15 is 0 Å². The third-order valence-electron chi connectivity index (χ3n) is 5.94. The average molecular weight is 402 g/mol. The summed E-state index contributed by atoms with van der Waals surface area (Å²) in [6.07, 6.45) is 5.72. The van der Waals surface area contributed by atoms with Gasteiger partial charge in [-0.3, -0.25) is 0 Å². The molecule has 1 saturated carbocycles. The van der Waals surface area contributed by atoms with Crippen molar-refractivity contribution in [3.8, 4) is 0 Å². The molecule has 1 heterocycles. The number of rotatable bonds is 5. The van der Waals surface area contributed by atoms with E-state index in [4.69, 9.17) is 4.74 Å². The van der Waals surface area contributed by atoms with Crippen molar-refractivity contribution in [2.45, 2.75) is 51.2 Å². The number of ether oxygens (including phenoxy) is 1. The first-order chi connectivity index (χ1) is 13.1. The Morgan fingerprint density at radius 3 is 2.50 bits per heavy atom. The summed E-state index contributed by atoms with van der Waals surface area (Å²) < 4.78 is 19.8. The molecule has 2 aromatic carbocycles. The zero-order valence-corrected chi connectivity index (χ0v) is 17.3. The van der Waals surface area contributed by atoms with Gasteiger partial charge in [0.05, 0.1) is 12.2 Å². The van der Waals surface area contributed by atoms with Gasteiger partial charge in [-0.15, -0.1) is 12.4 Å². The van der Waals surface area contributed by atoms with Crippen LogP contribution in [0.15, 0.2) is 54.1 Å². The molecule has 0 amide bonds. The quantitative estimate of drug-likeness (QED) is 0.680. The maximum Gasteiger partial charge on any atom is 0.123 e. The molecule has 0 atom stereocenters. The van der Waals surface area contributed by atoms with Crippen LogP contribution in [0.2, 0.25) is 0 Å². The van der Waals surface area contributed by atoms with Crippen molar-refractivity contribution in [3.63, 3.8) is 0 Å². The van der Waals surface area contributed by atoms with Crippen molar-refractivity contribution in [3.05, 3.63) is 76.6 Å². The van der Waals surface area contributed by atoms with Crippen LogP contribution in [0, 0.1) is 12.7 Å². The van der Waals surface area contributed by atoms with E-state index in [9.17, 15) is 4.39 Å². The summed E-state index contributed by atoms with van der Waals surface area (Å²) in [5, 5.41) is 3.58. The molecular formula is C24H29ClFNO. The highest BCUT2D eigenvalue weighted by molar-refractivity contribution is 5.85. The summed E-state index contributed by atoms with van der Waals surface area (Å²) in [4.78, 5) is 0. The lowest BCUT2D eigenvalue weighted by Crippen LogP contribution is -2.36. The second-order valence-electron chi connectivity index (χ2n) is 8.04. The summed E-state index contributed by atoms with van der Waals surface area (Å²) in [6, 6.07) is 15.6. The topological polar surface area (TPSA) is 21.3 Å². The predicted molar refractivity (Wildman–Crippen MR) is 115 cm³/mol. The van der Waals surface area contributed by atoms with Crippen LogP contribution in [-0.4, -0.2) is 18.8 Å². The highest BCUT2D eigenvalue weighted by Crippen LogP contribution is 2.44. The van der Waals surface area contributed by atoms with Gasteiger partial charge in [-0.05, 0) is 54.2 Å². The SMILES string of the molecule is Cc1cccc(CNCC2=C(c3ccc(F)cc3)CC3(CCCC3)OC2)c1.Cl. The molecule has 1 aliphatic heterocycles. The molecule has 1 fully saturated rings. The van der Waals surface area contributed by atoms with Gasteiger partial charge in [-0.2, -0.15) is 0 Å². The van der Waals surface area contributed by atoms with Crippen molar-refractivity contribution in [2.75, 3.05) is 13.2 Å². The molecule has 0 bridgehead atoms. The highest BCUT2D eigenvalue weighted by Gasteiger charge is 2.39. The van der Waals surface area contributed by atoms with Gasteiger partial charge in [0.15, 0.2) is 0 Å². The molecule has 0 unspecified atom stereocenters. The van der Waals surface area contributed by atoms with E-state index in [0.29, 0.717) is 6.61 Å². The molecule has 0 saturated heterocycles. The number of hydrogen-bond acceptors (Lipinski definition) is 2. The maximum absolute atomic E-state index is 13.4. The van der Waals surface area contributed by atoms with Crippen LogP contribution in [-0.2, 0) is 11.3 Å². The molecule has 2 nitrogen and oxygen atoms in total. The number of aryl methyl sites for hydroxylation is 1. The van der Waals surface area contributed by atoms with Crippen LogP contribution in [0.5, 0.6) is 0 Å². The Morgan fingerprint density at radius 2 is 1.79 bits per heavy atom. The van der Waals surface area contributed by atoms with Gasteiger partial charge in [-0.25, -0.2) is 4.39 Å². The lowest BCUT2D eigenvalue weighted by Gasteiger charge is -2.37. The van der Waals surface area contributed by atoms with Gasteiger partial charge < -0.3 is 10.1 Å². The molecule has 2 aliphatic rings.